The normalized spacial score (nSPS) is 20.8. The van der Waals surface area contributed by atoms with Gasteiger partial charge in [-0.05, 0) is 32.4 Å². The maximum Gasteiger partial charge on any atom is 0.0587 e. The predicted octanol–water partition coefficient (Wildman–Crippen LogP) is 3.05. The molecule has 1 aliphatic rings. The molecule has 0 aromatic heterocycles. The number of hydrogen-bond donors (Lipinski definition) is 1. The molecule has 3 nitrogen and oxygen atoms in total. The topological polar surface area (TPSA) is 24.5 Å². The van der Waals surface area contributed by atoms with E-state index in [2.05, 4.69) is 17.1 Å². The molecule has 1 saturated heterocycles. The predicted molar refractivity (Wildman–Crippen MR) is 82.7 cm³/mol. The summed E-state index contributed by atoms with van der Waals surface area (Å²) in [6.45, 7) is 7.84. The van der Waals surface area contributed by atoms with E-state index in [1.807, 2.05) is 0 Å². The fraction of sp³-hybridized carbons (Fsp3) is 1.00. The number of nitrogens with one attached hydrogen (secondary N) is 1. The number of methoxy groups -OCH3 is 1. The zero-order chi connectivity index (χ0) is 13.8. The van der Waals surface area contributed by atoms with Gasteiger partial charge in [0.25, 0.3) is 0 Å². The molecule has 0 bridgehead atoms. The minimum Gasteiger partial charge on any atom is -0.383 e. The number of hydrogen-bond acceptors (Lipinski definition) is 3. The Labute approximate surface area is 120 Å². The lowest BCUT2D eigenvalue weighted by Crippen LogP contribution is -2.46. The van der Waals surface area contributed by atoms with E-state index in [4.69, 9.17) is 4.74 Å². The molecule has 0 saturated carbocycles. The molecule has 1 fully saturated rings. The van der Waals surface area contributed by atoms with Gasteiger partial charge in [-0.15, -0.1) is 0 Å². The van der Waals surface area contributed by atoms with Crippen molar-refractivity contribution in [1.82, 2.24) is 10.2 Å². The van der Waals surface area contributed by atoms with E-state index in [1.165, 1.54) is 64.5 Å². The molecule has 0 spiro atoms. The van der Waals surface area contributed by atoms with Crippen molar-refractivity contribution in [2.75, 3.05) is 39.9 Å². The number of ether oxygens (including phenoxy) is 1. The van der Waals surface area contributed by atoms with Gasteiger partial charge in [-0.2, -0.15) is 0 Å². The second-order valence-corrected chi connectivity index (χ2v) is 5.80. The van der Waals surface area contributed by atoms with Crippen molar-refractivity contribution in [3.05, 3.63) is 0 Å². The van der Waals surface area contributed by atoms with Crippen LogP contribution < -0.4 is 5.32 Å². The minimum atomic E-state index is 0.761. The van der Waals surface area contributed by atoms with Crippen molar-refractivity contribution in [3.8, 4) is 0 Å². The number of nitrogens with zero attached hydrogens (tertiary/aromatic N) is 1. The van der Waals surface area contributed by atoms with Crippen LogP contribution in [0.2, 0.25) is 0 Å². The molecule has 1 aliphatic heterocycles. The summed E-state index contributed by atoms with van der Waals surface area (Å²) in [7, 11) is 1.77. The molecule has 1 heterocycles. The molecule has 0 aromatic carbocycles. The van der Waals surface area contributed by atoms with Gasteiger partial charge in [0.05, 0.1) is 6.61 Å². The molecule has 114 valence electrons. The summed E-state index contributed by atoms with van der Waals surface area (Å²) in [4.78, 5) is 2.72. The molecule has 0 aliphatic carbocycles. The van der Waals surface area contributed by atoms with Gasteiger partial charge in [-0.1, -0.05) is 39.0 Å². The Balaban J connectivity index is 2.12. The molecule has 1 N–H and O–H groups in total. The van der Waals surface area contributed by atoms with Crippen LogP contribution in [0.4, 0.5) is 0 Å². The van der Waals surface area contributed by atoms with Crippen LogP contribution in [0, 0.1) is 0 Å². The quantitative estimate of drug-likeness (QED) is 0.584. The first-order valence-corrected chi connectivity index (χ1v) is 8.32. The van der Waals surface area contributed by atoms with Crippen molar-refractivity contribution in [2.45, 2.75) is 64.3 Å². The standard InChI is InChI=1S/C16H34N2O/c1-3-4-5-6-8-12-18-13-9-7-10-16(18)15-17-11-14-19-2/h16-17H,3-15H2,1-2H3. The Hall–Kier alpha value is -0.120. The van der Waals surface area contributed by atoms with Gasteiger partial charge in [-0.3, -0.25) is 4.90 Å². The second kappa shape index (κ2) is 11.7. The van der Waals surface area contributed by atoms with E-state index >= 15 is 0 Å². The summed E-state index contributed by atoms with van der Waals surface area (Å²) in [5.74, 6) is 0. The fourth-order valence-corrected chi connectivity index (χ4v) is 2.95. The Bertz CT molecular complexity index is 199. The summed E-state index contributed by atoms with van der Waals surface area (Å²) in [6.07, 6.45) is 11.1. The second-order valence-electron chi connectivity index (χ2n) is 5.80. The van der Waals surface area contributed by atoms with Gasteiger partial charge in [0.1, 0.15) is 0 Å². The van der Waals surface area contributed by atoms with E-state index in [9.17, 15) is 0 Å². The van der Waals surface area contributed by atoms with Gasteiger partial charge in [0, 0.05) is 26.2 Å². The highest BCUT2D eigenvalue weighted by atomic mass is 16.5. The van der Waals surface area contributed by atoms with E-state index in [1.54, 1.807) is 7.11 Å². The lowest BCUT2D eigenvalue weighted by molar-refractivity contribution is 0.138. The molecular formula is C16H34N2O. The number of unbranched alkanes of at least 4 members (excludes halogenated alkanes) is 4. The average molecular weight is 270 g/mol. The lowest BCUT2D eigenvalue weighted by Gasteiger charge is -2.36. The maximum atomic E-state index is 5.08. The number of likely N-dealkylation sites (tertiary alicyclic amines) is 1. The highest BCUT2D eigenvalue weighted by Gasteiger charge is 2.21. The highest BCUT2D eigenvalue weighted by Crippen LogP contribution is 2.17. The Morgan fingerprint density at radius 3 is 2.79 bits per heavy atom. The first kappa shape index (κ1) is 16.9. The molecule has 0 radical (unpaired) electrons. The van der Waals surface area contributed by atoms with Crippen molar-refractivity contribution < 1.29 is 4.74 Å². The van der Waals surface area contributed by atoms with Gasteiger partial charge < -0.3 is 10.1 Å². The van der Waals surface area contributed by atoms with E-state index in [0.717, 1.165) is 25.7 Å². The molecule has 19 heavy (non-hydrogen) atoms. The van der Waals surface area contributed by atoms with Crippen LogP contribution in [0.15, 0.2) is 0 Å². The molecule has 0 amide bonds. The van der Waals surface area contributed by atoms with Crippen molar-refractivity contribution in [2.24, 2.45) is 0 Å². The van der Waals surface area contributed by atoms with Crippen molar-refractivity contribution in [3.63, 3.8) is 0 Å². The largest absolute Gasteiger partial charge is 0.383 e. The van der Waals surface area contributed by atoms with Crippen LogP contribution in [-0.2, 0) is 4.74 Å². The van der Waals surface area contributed by atoms with E-state index in [-0.39, 0.29) is 0 Å². The molecule has 0 aromatic rings. The third-order valence-electron chi connectivity index (χ3n) is 4.16. The molecule has 1 unspecified atom stereocenters. The van der Waals surface area contributed by atoms with E-state index < -0.39 is 0 Å². The Morgan fingerprint density at radius 2 is 2.00 bits per heavy atom. The summed E-state index contributed by atoms with van der Waals surface area (Å²) in [5.41, 5.74) is 0. The average Bonchev–Trinajstić information content (AvgIpc) is 2.45. The highest BCUT2D eigenvalue weighted by molar-refractivity contribution is 4.78. The number of rotatable bonds is 11. The molecular weight excluding hydrogens is 236 g/mol. The van der Waals surface area contributed by atoms with E-state index in [0.29, 0.717) is 0 Å². The lowest BCUT2D eigenvalue weighted by atomic mass is 10.0. The number of piperidine rings is 1. The van der Waals surface area contributed by atoms with Gasteiger partial charge in [-0.25, -0.2) is 0 Å². The SMILES string of the molecule is CCCCCCCN1CCCCC1CNCCOC. The summed E-state index contributed by atoms with van der Waals surface area (Å²) in [5, 5.41) is 3.53. The molecule has 3 heteroatoms. The van der Waals surface area contributed by atoms with Crippen LogP contribution in [0.25, 0.3) is 0 Å². The van der Waals surface area contributed by atoms with Crippen molar-refractivity contribution >= 4 is 0 Å². The summed E-state index contributed by atoms with van der Waals surface area (Å²) in [6, 6.07) is 0.761. The fourth-order valence-electron chi connectivity index (χ4n) is 2.95. The summed E-state index contributed by atoms with van der Waals surface area (Å²) >= 11 is 0. The van der Waals surface area contributed by atoms with Crippen LogP contribution in [-0.4, -0.2) is 50.8 Å². The zero-order valence-electron chi connectivity index (χ0n) is 13.1. The first-order chi connectivity index (χ1) is 9.38. The van der Waals surface area contributed by atoms with Crippen LogP contribution in [0.3, 0.4) is 0 Å². The van der Waals surface area contributed by atoms with Crippen LogP contribution >= 0.6 is 0 Å². The third kappa shape index (κ3) is 7.91. The monoisotopic (exact) mass is 270 g/mol. The van der Waals surface area contributed by atoms with Gasteiger partial charge >= 0.3 is 0 Å². The van der Waals surface area contributed by atoms with Crippen LogP contribution in [0.5, 0.6) is 0 Å². The van der Waals surface area contributed by atoms with Gasteiger partial charge in [0.15, 0.2) is 0 Å². The van der Waals surface area contributed by atoms with Gasteiger partial charge in [0.2, 0.25) is 0 Å². The molecule has 1 rings (SSSR count). The first-order valence-electron chi connectivity index (χ1n) is 8.32. The maximum absolute atomic E-state index is 5.08. The molecule has 1 atom stereocenters. The summed E-state index contributed by atoms with van der Waals surface area (Å²) < 4.78 is 5.08. The smallest absolute Gasteiger partial charge is 0.0587 e. The van der Waals surface area contributed by atoms with Crippen LogP contribution in [0.1, 0.15) is 58.3 Å². The Kier molecular flexibility index (Phi) is 10.4. The van der Waals surface area contributed by atoms with Crippen molar-refractivity contribution in [1.29, 1.82) is 0 Å². The minimum absolute atomic E-state index is 0.761. The Morgan fingerprint density at radius 1 is 1.16 bits per heavy atom. The zero-order valence-corrected chi connectivity index (χ0v) is 13.1. The third-order valence-corrected chi connectivity index (χ3v) is 4.16.